The molecule has 0 aromatic heterocycles. The molecule has 0 fully saturated rings. The fourth-order valence-electron chi connectivity index (χ4n) is 0.885. The molecule has 0 aliphatic carbocycles. The molecule has 0 spiro atoms. The molecule has 0 saturated carbocycles. The van der Waals surface area contributed by atoms with Crippen LogP contribution in [0.15, 0.2) is 24.3 Å². The predicted octanol–water partition coefficient (Wildman–Crippen LogP) is 1.15. The van der Waals surface area contributed by atoms with Crippen molar-refractivity contribution in [2.45, 2.75) is 5.75 Å². The van der Waals surface area contributed by atoms with Crippen LogP contribution in [0.3, 0.4) is 0 Å². The summed E-state index contributed by atoms with van der Waals surface area (Å²) in [5.74, 6) is 0.548. The summed E-state index contributed by atoms with van der Waals surface area (Å²) >= 11 is -0.807. The minimum absolute atomic E-state index is 0.548. The van der Waals surface area contributed by atoms with Gasteiger partial charge in [-0.3, -0.25) is 0 Å². The third-order valence-electron chi connectivity index (χ3n) is 1.41. The van der Waals surface area contributed by atoms with Crippen molar-refractivity contribution in [3.05, 3.63) is 29.8 Å². The molecule has 0 aliphatic rings. The monoisotopic (exact) mass is 169 g/mol. The molecule has 1 atom stereocenters. The number of nitrogens with two attached hydrogens (primary N) is 1. The Hall–Kier alpha value is -0.670. The van der Waals surface area contributed by atoms with E-state index in [0.717, 1.165) is 11.3 Å². The van der Waals surface area contributed by atoms with Crippen LogP contribution in [0.5, 0.6) is 0 Å². The van der Waals surface area contributed by atoms with Crippen molar-refractivity contribution in [2.24, 2.45) is 0 Å². The van der Waals surface area contributed by atoms with Crippen LogP contribution in [0, 0.1) is 0 Å². The molecule has 0 radical (unpaired) electrons. The zero-order chi connectivity index (χ0) is 8.27. The van der Waals surface area contributed by atoms with Gasteiger partial charge in [0, 0.05) is 11.3 Å². The van der Waals surface area contributed by atoms with Crippen molar-refractivity contribution in [2.75, 3.05) is 12.0 Å². The molecule has 1 unspecified atom stereocenters. The van der Waals surface area contributed by atoms with Gasteiger partial charge < -0.3 is 10.3 Å². The molecule has 60 valence electrons. The summed E-state index contributed by atoms with van der Waals surface area (Å²) in [5, 5.41) is 0. The summed E-state index contributed by atoms with van der Waals surface area (Å²) in [6.45, 7) is 0. The molecule has 1 aromatic rings. The van der Waals surface area contributed by atoms with E-state index < -0.39 is 11.2 Å². The summed E-state index contributed by atoms with van der Waals surface area (Å²) in [6, 6.07) is 7.49. The van der Waals surface area contributed by atoms with Crippen LogP contribution in [-0.4, -0.2) is 10.8 Å². The first-order valence-electron chi connectivity index (χ1n) is 3.33. The summed E-state index contributed by atoms with van der Waals surface area (Å²) in [5.41, 5.74) is 7.33. The van der Waals surface area contributed by atoms with E-state index >= 15 is 0 Å². The van der Waals surface area contributed by atoms with E-state index in [9.17, 15) is 4.55 Å². The van der Waals surface area contributed by atoms with Crippen molar-refractivity contribution in [1.82, 2.24) is 0 Å². The Balaban J connectivity index is 2.78. The maximum atomic E-state index is 10.8. The highest BCUT2D eigenvalue weighted by Crippen LogP contribution is 2.12. The quantitative estimate of drug-likeness (QED) is 0.533. The SMILES string of the molecule is C[S+]([O-])Cc1ccccc1N. The van der Waals surface area contributed by atoms with Gasteiger partial charge in [-0.15, -0.1) is 0 Å². The molecular formula is C8H11NOS. The Morgan fingerprint density at radius 3 is 2.64 bits per heavy atom. The number of hydrogen-bond acceptors (Lipinski definition) is 2. The fourth-order valence-corrected chi connectivity index (χ4v) is 1.59. The second-order valence-corrected chi connectivity index (χ2v) is 3.85. The normalized spacial score (nSPS) is 12.9. The van der Waals surface area contributed by atoms with E-state index in [4.69, 9.17) is 5.73 Å². The van der Waals surface area contributed by atoms with Crippen LogP contribution < -0.4 is 5.73 Å². The summed E-state index contributed by atoms with van der Waals surface area (Å²) in [4.78, 5) is 0. The minimum atomic E-state index is -0.807. The lowest BCUT2D eigenvalue weighted by molar-refractivity contribution is 0.600. The van der Waals surface area contributed by atoms with Gasteiger partial charge in [-0.05, 0) is 6.07 Å². The Kier molecular flexibility index (Phi) is 2.79. The molecule has 3 heteroatoms. The molecule has 0 heterocycles. The van der Waals surface area contributed by atoms with Gasteiger partial charge in [0.15, 0.2) is 0 Å². The first kappa shape index (κ1) is 8.43. The number of para-hydroxylation sites is 1. The van der Waals surface area contributed by atoms with E-state index in [-0.39, 0.29) is 0 Å². The average Bonchev–Trinajstić information content (AvgIpc) is 1.93. The fraction of sp³-hybridized carbons (Fsp3) is 0.250. The van der Waals surface area contributed by atoms with Crippen molar-refractivity contribution in [3.8, 4) is 0 Å². The van der Waals surface area contributed by atoms with E-state index in [1.165, 1.54) is 0 Å². The summed E-state index contributed by atoms with van der Waals surface area (Å²) in [6.07, 6.45) is 1.67. The third-order valence-corrected chi connectivity index (χ3v) is 2.13. The lowest BCUT2D eigenvalue weighted by atomic mass is 10.2. The molecule has 0 aliphatic heterocycles. The van der Waals surface area contributed by atoms with Crippen LogP contribution in [0.4, 0.5) is 5.69 Å². The summed E-state index contributed by atoms with van der Waals surface area (Å²) < 4.78 is 10.8. The van der Waals surface area contributed by atoms with E-state index in [2.05, 4.69) is 0 Å². The van der Waals surface area contributed by atoms with E-state index in [1.807, 2.05) is 24.3 Å². The van der Waals surface area contributed by atoms with E-state index in [1.54, 1.807) is 6.26 Å². The number of nitrogen functional groups attached to an aromatic ring is 1. The lowest BCUT2D eigenvalue weighted by Gasteiger charge is -2.06. The standard InChI is InChI=1S/C8H11NOS/c1-11(10)6-7-4-2-3-5-8(7)9/h2-5H,6,9H2,1H3. The first-order valence-corrected chi connectivity index (χ1v) is 5.06. The number of hydrogen-bond donors (Lipinski definition) is 1. The van der Waals surface area contributed by atoms with Crippen LogP contribution in [0.25, 0.3) is 0 Å². The smallest absolute Gasteiger partial charge is 0.132 e. The highest BCUT2D eigenvalue weighted by molar-refractivity contribution is 7.89. The van der Waals surface area contributed by atoms with Crippen molar-refractivity contribution >= 4 is 16.9 Å². The molecule has 1 rings (SSSR count). The van der Waals surface area contributed by atoms with Crippen LogP contribution >= 0.6 is 0 Å². The average molecular weight is 169 g/mol. The van der Waals surface area contributed by atoms with Crippen molar-refractivity contribution in [3.63, 3.8) is 0 Å². The zero-order valence-electron chi connectivity index (χ0n) is 6.41. The Labute approximate surface area is 69.6 Å². The van der Waals surface area contributed by atoms with Crippen molar-refractivity contribution in [1.29, 1.82) is 0 Å². The minimum Gasteiger partial charge on any atom is -0.616 e. The van der Waals surface area contributed by atoms with Gasteiger partial charge in [0.25, 0.3) is 0 Å². The molecule has 1 aromatic carbocycles. The largest absolute Gasteiger partial charge is 0.616 e. The Morgan fingerprint density at radius 1 is 1.45 bits per heavy atom. The predicted molar refractivity (Wildman–Crippen MR) is 48.6 cm³/mol. The van der Waals surface area contributed by atoms with E-state index in [0.29, 0.717) is 5.75 Å². The number of anilines is 1. The highest BCUT2D eigenvalue weighted by atomic mass is 32.2. The number of benzene rings is 1. The molecule has 11 heavy (non-hydrogen) atoms. The third kappa shape index (κ3) is 2.44. The van der Waals surface area contributed by atoms with Gasteiger partial charge in [-0.1, -0.05) is 29.4 Å². The summed E-state index contributed by atoms with van der Waals surface area (Å²) in [7, 11) is 0. The lowest BCUT2D eigenvalue weighted by Crippen LogP contribution is -2.03. The second-order valence-electron chi connectivity index (χ2n) is 2.42. The molecule has 0 amide bonds. The molecule has 0 saturated heterocycles. The first-order chi connectivity index (χ1) is 5.20. The maximum absolute atomic E-state index is 10.8. The van der Waals surface area contributed by atoms with Gasteiger partial charge >= 0.3 is 0 Å². The maximum Gasteiger partial charge on any atom is 0.132 e. The van der Waals surface area contributed by atoms with Gasteiger partial charge in [-0.2, -0.15) is 0 Å². The molecule has 0 bridgehead atoms. The highest BCUT2D eigenvalue weighted by Gasteiger charge is 2.02. The number of rotatable bonds is 2. The second kappa shape index (κ2) is 3.64. The Bertz CT molecular complexity index is 237. The molecule has 2 N–H and O–H groups in total. The van der Waals surface area contributed by atoms with Crippen LogP contribution in [-0.2, 0) is 16.9 Å². The van der Waals surface area contributed by atoms with Gasteiger partial charge in [0.2, 0.25) is 0 Å². The molecular weight excluding hydrogens is 158 g/mol. The van der Waals surface area contributed by atoms with Gasteiger partial charge in [0.1, 0.15) is 5.75 Å². The van der Waals surface area contributed by atoms with Crippen molar-refractivity contribution < 1.29 is 4.55 Å². The zero-order valence-corrected chi connectivity index (χ0v) is 7.23. The van der Waals surface area contributed by atoms with Crippen LogP contribution in [0.1, 0.15) is 5.56 Å². The van der Waals surface area contributed by atoms with Gasteiger partial charge in [0.05, 0.1) is 6.26 Å². The van der Waals surface area contributed by atoms with Crippen LogP contribution in [0.2, 0.25) is 0 Å². The van der Waals surface area contributed by atoms with Gasteiger partial charge in [-0.25, -0.2) is 0 Å². The Morgan fingerprint density at radius 2 is 2.09 bits per heavy atom. The molecule has 2 nitrogen and oxygen atoms in total. The topological polar surface area (TPSA) is 49.1 Å².